The van der Waals surface area contributed by atoms with Crippen molar-refractivity contribution < 1.29 is 4.79 Å². The van der Waals surface area contributed by atoms with Crippen molar-refractivity contribution in [3.63, 3.8) is 0 Å². The Hall–Kier alpha value is -1.79. The summed E-state index contributed by atoms with van der Waals surface area (Å²) in [6.45, 7) is 4.92. The van der Waals surface area contributed by atoms with Crippen molar-refractivity contribution in [3.05, 3.63) is 39.9 Å². The normalized spacial score (nSPS) is 11.1. The summed E-state index contributed by atoms with van der Waals surface area (Å²) in [6, 6.07) is 1.73. The second kappa shape index (κ2) is 6.32. The van der Waals surface area contributed by atoms with Crippen molar-refractivity contribution in [2.45, 2.75) is 20.4 Å². The molecule has 0 unspecified atom stereocenters. The predicted octanol–water partition coefficient (Wildman–Crippen LogP) is 1.74. The number of carbonyl (C=O) groups is 1. The lowest BCUT2D eigenvalue weighted by molar-refractivity contribution is 0.102. The summed E-state index contributed by atoms with van der Waals surface area (Å²) in [5.41, 5.74) is 2.19. The third-order valence-corrected chi connectivity index (χ3v) is 3.39. The van der Waals surface area contributed by atoms with Crippen molar-refractivity contribution in [1.82, 2.24) is 24.9 Å². The van der Waals surface area contributed by atoms with Gasteiger partial charge >= 0.3 is 0 Å². The molecule has 2 aromatic rings. The zero-order valence-electron chi connectivity index (χ0n) is 12.6. The molecule has 2 rings (SSSR count). The number of nitrogens with zero attached hydrogens (tertiary/aromatic N) is 5. The number of likely N-dealkylation sites (N-methyl/N-ethyl adjacent to an activating group) is 1. The molecule has 0 bridgehead atoms. The first-order valence-electron chi connectivity index (χ1n) is 6.62. The minimum absolute atomic E-state index is 0.174. The van der Waals surface area contributed by atoms with Gasteiger partial charge in [-0.2, -0.15) is 15.3 Å². The smallest absolute Gasteiger partial charge is 0.214 e. The lowest BCUT2D eigenvalue weighted by atomic mass is 10.1. The quantitative estimate of drug-likeness (QED) is 0.787. The Labute approximate surface area is 128 Å². The molecule has 0 spiro atoms. The molecule has 0 radical (unpaired) electrons. The number of hydrogen-bond acceptors (Lipinski definition) is 5. The van der Waals surface area contributed by atoms with Crippen LogP contribution in [0.5, 0.6) is 0 Å². The van der Waals surface area contributed by atoms with Gasteiger partial charge < -0.3 is 4.90 Å². The fraction of sp³-hybridized carbons (Fsp3) is 0.429. The maximum Gasteiger partial charge on any atom is 0.214 e. The highest BCUT2D eigenvalue weighted by Gasteiger charge is 2.21. The molecule has 0 aromatic carbocycles. The summed E-state index contributed by atoms with van der Waals surface area (Å²) in [7, 11) is 3.93. The monoisotopic (exact) mass is 307 g/mol. The molecule has 21 heavy (non-hydrogen) atoms. The van der Waals surface area contributed by atoms with Crippen LogP contribution in [0.15, 0.2) is 12.3 Å². The van der Waals surface area contributed by atoms with E-state index in [1.54, 1.807) is 24.6 Å². The first-order valence-corrected chi connectivity index (χ1v) is 6.99. The third kappa shape index (κ3) is 3.46. The van der Waals surface area contributed by atoms with E-state index in [4.69, 9.17) is 11.6 Å². The number of aryl methyl sites for hydroxylation is 2. The fourth-order valence-corrected chi connectivity index (χ4v) is 2.19. The first kappa shape index (κ1) is 15.6. The van der Waals surface area contributed by atoms with Crippen LogP contribution in [0.4, 0.5) is 0 Å². The molecule has 0 aliphatic rings. The minimum Gasteiger partial charge on any atom is -0.308 e. The van der Waals surface area contributed by atoms with Gasteiger partial charge in [-0.1, -0.05) is 11.6 Å². The van der Waals surface area contributed by atoms with E-state index in [9.17, 15) is 4.79 Å². The van der Waals surface area contributed by atoms with Gasteiger partial charge in [0.25, 0.3) is 0 Å². The fourth-order valence-electron chi connectivity index (χ4n) is 1.96. The van der Waals surface area contributed by atoms with E-state index in [1.807, 2.05) is 19.0 Å². The molecule has 7 heteroatoms. The van der Waals surface area contributed by atoms with E-state index in [0.29, 0.717) is 34.2 Å². The molecule has 2 heterocycles. The molecule has 112 valence electrons. The van der Waals surface area contributed by atoms with Crippen LogP contribution in [0.3, 0.4) is 0 Å². The van der Waals surface area contributed by atoms with E-state index in [0.717, 1.165) is 6.54 Å². The van der Waals surface area contributed by atoms with Crippen LogP contribution in [0, 0.1) is 13.8 Å². The minimum atomic E-state index is -0.174. The lowest BCUT2D eigenvalue weighted by Crippen LogP contribution is -2.22. The van der Waals surface area contributed by atoms with Gasteiger partial charge in [-0.25, -0.2) is 0 Å². The first-order chi connectivity index (χ1) is 9.90. The van der Waals surface area contributed by atoms with Crippen molar-refractivity contribution >= 4 is 17.4 Å². The zero-order chi connectivity index (χ0) is 15.6. The summed E-state index contributed by atoms with van der Waals surface area (Å²) >= 11 is 6.14. The second-order valence-corrected chi connectivity index (χ2v) is 5.59. The van der Waals surface area contributed by atoms with Gasteiger partial charge in [0.15, 0.2) is 0 Å². The molecule has 0 saturated carbocycles. The summed E-state index contributed by atoms with van der Waals surface area (Å²) in [4.78, 5) is 14.8. The van der Waals surface area contributed by atoms with Gasteiger partial charge in [0.1, 0.15) is 5.69 Å². The topological polar surface area (TPSA) is 63.9 Å². The van der Waals surface area contributed by atoms with Crippen LogP contribution < -0.4 is 0 Å². The van der Waals surface area contributed by atoms with E-state index < -0.39 is 0 Å². The number of ketones is 1. The largest absolute Gasteiger partial charge is 0.308 e. The Bertz CT molecular complexity index is 665. The van der Waals surface area contributed by atoms with Crippen molar-refractivity contribution in [3.8, 4) is 0 Å². The van der Waals surface area contributed by atoms with Gasteiger partial charge in [-0.05, 0) is 34.0 Å². The summed E-state index contributed by atoms with van der Waals surface area (Å²) in [5, 5.41) is 12.5. The molecule has 2 aromatic heterocycles. The highest BCUT2D eigenvalue weighted by Crippen LogP contribution is 2.20. The standard InChI is InChI=1S/C14H18ClN5O/c1-9-7-11(10(2)18-17-9)14(21)13-12(15)8-16-20(13)6-5-19(3)4/h7-8H,5-6H2,1-4H3. The molecule has 0 N–H and O–H groups in total. The van der Waals surface area contributed by atoms with Gasteiger partial charge in [-0.3, -0.25) is 9.48 Å². The van der Waals surface area contributed by atoms with Crippen molar-refractivity contribution in [2.75, 3.05) is 20.6 Å². The van der Waals surface area contributed by atoms with Gasteiger partial charge in [-0.15, -0.1) is 0 Å². The van der Waals surface area contributed by atoms with E-state index >= 15 is 0 Å². The van der Waals surface area contributed by atoms with Crippen LogP contribution in [0.25, 0.3) is 0 Å². The lowest BCUT2D eigenvalue weighted by Gasteiger charge is -2.12. The Morgan fingerprint density at radius 3 is 2.71 bits per heavy atom. The number of halogens is 1. The van der Waals surface area contributed by atoms with Crippen LogP contribution in [-0.4, -0.2) is 51.3 Å². The number of hydrogen-bond donors (Lipinski definition) is 0. The van der Waals surface area contributed by atoms with E-state index in [2.05, 4.69) is 15.3 Å². The van der Waals surface area contributed by atoms with Crippen molar-refractivity contribution in [2.24, 2.45) is 0 Å². The van der Waals surface area contributed by atoms with Gasteiger partial charge in [0.05, 0.1) is 29.2 Å². The SMILES string of the molecule is Cc1cc(C(=O)c2c(Cl)cnn2CCN(C)C)c(C)nn1. The molecule has 0 aliphatic heterocycles. The number of rotatable bonds is 5. The molecular formula is C14H18ClN5O. The molecule has 0 fully saturated rings. The highest BCUT2D eigenvalue weighted by molar-refractivity contribution is 6.34. The van der Waals surface area contributed by atoms with E-state index in [-0.39, 0.29) is 5.78 Å². The Morgan fingerprint density at radius 1 is 1.33 bits per heavy atom. The number of carbonyl (C=O) groups excluding carboxylic acids is 1. The Kier molecular flexibility index (Phi) is 4.69. The average molecular weight is 308 g/mol. The van der Waals surface area contributed by atoms with Crippen molar-refractivity contribution in [1.29, 1.82) is 0 Å². The zero-order valence-corrected chi connectivity index (χ0v) is 13.3. The van der Waals surface area contributed by atoms with E-state index in [1.165, 1.54) is 6.20 Å². The maximum absolute atomic E-state index is 12.7. The molecule has 6 nitrogen and oxygen atoms in total. The molecule has 0 amide bonds. The predicted molar refractivity (Wildman–Crippen MR) is 80.7 cm³/mol. The molecule has 0 saturated heterocycles. The molecular weight excluding hydrogens is 290 g/mol. The second-order valence-electron chi connectivity index (χ2n) is 5.18. The third-order valence-electron chi connectivity index (χ3n) is 3.11. The van der Waals surface area contributed by atoms with Crippen LogP contribution in [0.1, 0.15) is 27.4 Å². The number of aromatic nitrogens is 4. The van der Waals surface area contributed by atoms with Crippen LogP contribution in [-0.2, 0) is 6.54 Å². The average Bonchev–Trinajstić information content (AvgIpc) is 2.79. The van der Waals surface area contributed by atoms with Crippen LogP contribution >= 0.6 is 11.6 Å². The summed E-state index contributed by atoms with van der Waals surface area (Å²) in [6.07, 6.45) is 1.50. The van der Waals surface area contributed by atoms with Gasteiger partial charge in [0.2, 0.25) is 5.78 Å². The highest BCUT2D eigenvalue weighted by atomic mass is 35.5. The molecule has 0 aliphatic carbocycles. The van der Waals surface area contributed by atoms with Gasteiger partial charge in [0, 0.05) is 12.1 Å². The molecule has 0 atom stereocenters. The maximum atomic E-state index is 12.7. The van der Waals surface area contributed by atoms with Crippen LogP contribution in [0.2, 0.25) is 5.02 Å². The Balaban J connectivity index is 2.39. The summed E-state index contributed by atoms with van der Waals surface area (Å²) in [5.74, 6) is -0.174. The summed E-state index contributed by atoms with van der Waals surface area (Å²) < 4.78 is 1.64. The Morgan fingerprint density at radius 2 is 2.05 bits per heavy atom.